The van der Waals surface area contributed by atoms with E-state index in [4.69, 9.17) is 40.0 Å². The summed E-state index contributed by atoms with van der Waals surface area (Å²) in [6.07, 6.45) is -6.92. The number of benzene rings is 1. The number of halogens is 1. The van der Waals surface area contributed by atoms with Gasteiger partial charge in [-0.15, -0.1) is 0 Å². The summed E-state index contributed by atoms with van der Waals surface area (Å²) in [4.78, 5) is 60.4. The zero-order chi connectivity index (χ0) is 28.8. The van der Waals surface area contributed by atoms with Gasteiger partial charge in [0.15, 0.2) is 12.2 Å². The molecular weight excluding hydrogens is 526 g/mol. The Morgan fingerprint density at radius 3 is 1.95 bits per heavy atom. The van der Waals surface area contributed by atoms with Crippen molar-refractivity contribution < 1.29 is 52.4 Å². The summed E-state index contributed by atoms with van der Waals surface area (Å²) >= 11 is 6.12. The molecule has 1 saturated heterocycles. The summed E-state index contributed by atoms with van der Waals surface area (Å²) in [5.41, 5.74) is -0.550. The van der Waals surface area contributed by atoms with Crippen LogP contribution in [0.1, 0.15) is 58.8 Å². The van der Waals surface area contributed by atoms with E-state index in [0.29, 0.717) is 0 Å². The largest absolute Gasteiger partial charge is 0.463 e. The van der Waals surface area contributed by atoms with Crippen molar-refractivity contribution in [3.05, 3.63) is 28.8 Å². The summed E-state index contributed by atoms with van der Waals surface area (Å²) in [6, 6.07) is 4.26. The molecule has 0 aliphatic carbocycles. The average molecular weight is 558 g/mol. The van der Waals surface area contributed by atoms with Gasteiger partial charge < -0.3 is 33.7 Å². The highest BCUT2D eigenvalue weighted by atomic mass is 35.5. The minimum Gasteiger partial charge on any atom is -0.463 e. The minimum atomic E-state index is -1.50. The smallest absolute Gasteiger partial charge is 0.303 e. The lowest BCUT2D eigenvalue weighted by molar-refractivity contribution is -0.288. The number of hydrogen-bond acceptors (Lipinski definition) is 11. The van der Waals surface area contributed by atoms with E-state index in [-0.39, 0.29) is 16.3 Å². The van der Waals surface area contributed by atoms with Crippen LogP contribution in [0.4, 0.5) is 0 Å². The number of amides is 1. The van der Waals surface area contributed by atoms with Gasteiger partial charge in [-0.25, -0.2) is 0 Å². The van der Waals surface area contributed by atoms with Gasteiger partial charge in [-0.2, -0.15) is 0 Å². The zero-order valence-electron chi connectivity index (χ0n) is 22.2. The van der Waals surface area contributed by atoms with Gasteiger partial charge >= 0.3 is 23.9 Å². The molecule has 1 amide bonds. The van der Waals surface area contributed by atoms with Gasteiger partial charge in [0.25, 0.3) is 5.91 Å². The second-order valence-corrected chi connectivity index (χ2v) is 9.97. The van der Waals surface area contributed by atoms with Crippen molar-refractivity contribution in [2.75, 3.05) is 6.61 Å². The molecule has 0 aromatic heterocycles. The second kappa shape index (κ2) is 12.9. The van der Waals surface area contributed by atoms with Crippen LogP contribution in [-0.2, 0) is 42.9 Å². The Morgan fingerprint density at radius 1 is 0.868 bits per heavy atom. The van der Waals surface area contributed by atoms with E-state index in [0.717, 1.165) is 27.7 Å². The predicted molar refractivity (Wildman–Crippen MR) is 131 cm³/mol. The predicted octanol–water partition coefficient (Wildman–Crippen LogP) is 2.33. The summed E-state index contributed by atoms with van der Waals surface area (Å²) in [7, 11) is 0. The summed E-state index contributed by atoms with van der Waals surface area (Å²) < 4.78 is 33.1. The van der Waals surface area contributed by atoms with Crippen LogP contribution in [0.3, 0.4) is 0 Å². The van der Waals surface area contributed by atoms with Crippen molar-refractivity contribution in [2.45, 2.75) is 84.7 Å². The third-order valence-electron chi connectivity index (χ3n) is 4.87. The number of ether oxygens (including phenoxy) is 6. The van der Waals surface area contributed by atoms with Gasteiger partial charge in [-0.1, -0.05) is 11.6 Å². The first-order valence-corrected chi connectivity index (χ1v) is 12.0. The van der Waals surface area contributed by atoms with Gasteiger partial charge in [0, 0.05) is 38.3 Å². The zero-order valence-corrected chi connectivity index (χ0v) is 23.0. The quantitative estimate of drug-likeness (QED) is 0.370. The molecule has 1 aliphatic rings. The normalized spacial score (nSPS) is 23.0. The van der Waals surface area contributed by atoms with E-state index in [1.165, 1.54) is 18.2 Å². The van der Waals surface area contributed by atoms with Crippen molar-refractivity contribution in [1.82, 2.24) is 5.32 Å². The Hall–Kier alpha value is -3.38. The molecule has 210 valence electrons. The fourth-order valence-electron chi connectivity index (χ4n) is 3.60. The first-order valence-electron chi connectivity index (χ1n) is 11.7. The van der Waals surface area contributed by atoms with Crippen LogP contribution >= 0.6 is 11.6 Å². The molecule has 2 rings (SSSR count). The van der Waals surface area contributed by atoms with E-state index < -0.39 is 72.6 Å². The Balaban J connectivity index is 2.57. The molecule has 0 radical (unpaired) electrons. The lowest BCUT2D eigenvalue weighted by Crippen LogP contribution is -2.63. The Kier molecular flexibility index (Phi) is 10.5. The van der Waals surface area contributed by atoms with Gasteiger partial charge in [0.1, 0.15) is 18.5 Å². The number of carbonyl (C=O) groups is 5. The van der Waals surface area contributed by atoms with Crippen molar-refractivity contribution in [3.8, 4) is 5.75 Å². The van der Waals surface area contributed by atoms with Gasteiger partial charge in [0.05, 0.1) is 5.56 Å². The molecule has 1 aliphatic heterocycles. The van der Waals surface area contributed by atoms with Crippen LogP contribution in [-0.4, -0.2) is 72.6 Å². The maximum atomic E-state index is 13.0. The Morgan fingerprint density at radius 2 is 1.42 bits per heavy atom. The number of carbonyl (C=O) groups excluding carboxylic acids is 5. The van der Waals surface area contributed by atoms with E-state index >= 15 is 0 Å². The fourth-order valence-corrected chi connectivity index (χ4v) is 3.77. The molecule has 13 heteroatoms. The van der Waals surface area contributed by atoms with Crippen LogP contribution < -0.4 is 10.1 Å². The molecule has 0 saturated carbocycles. The molecule has 1 heterocycles. The Labute approximate surface area is 225 Å². The molecule has 1 aromatic carbocycles. The van der Waals surface area contributed by atoms with Crippen molar-refractivity contribution in [1.29, 1.82) is 0 Å². The van der Waals surface area contributed by atoms with E-state index in [1.54, 1.807) is 20.8 Å². The van der Waals surface area contributed by atoms with E-state index in [1.807, 2.05) is 0 Å². The van der Waals surface area contributed by atoms with Crippen LogP contribution in [0.25, 0.3) is 0 Å². The van der Waals surface area contributed by atoms with Gasteiger partial charge in [-0.3, -0.25) is 24.0 Å². The summed E-state index contributed by atoms with van der Waals surface area (Å²) in [6.45, 7) is 9.44. The number of esters is 4. The van der Waals surface area contributed by atoms with Gasteiger partial charge in [0.2, 0.25) is 12.4 Å². The minimum absolute atomic E-state index is 0.00273. The molecule has 1 fully saturated rings. The molecule has 1 N–H and O–H groups in total. The van der Waals surface area contributed by atoms with E-state index in [9.17, 15) is 24.0 Å². The average Bonchev–Trinajstić information content (AvgIpc) is 2.75. The fraction of sp³-hybridized carbons (Fsp3) is 0.560. The first kappa shape index (κ1) is 30.8. The van der Waals surface area contributed by atoms with Gasteiger partial charge in [-0.05, 0) is 39.0 Å². The third-order valence-corrected chi connectivity index (χ3v) is 5.10. The molecule has 1 aromatic rings. The molecule has 38 heavy (non-hydrogen) atoms. The first-order chi connectivity index (χ1) is 17.6. The highest BCUT2D eigenvalue weighted by Gasteiger charge is 2.53. The summed E-state index contributed by atoms with van der Waals surface area (Å²) in [5.74, 6) is -3.50. The topological polar surface area (TPSA) is 153 Å². The lowest BCUT2D eigenvalue weighted by Gasteiger charge is -2.44. The molecule has 5 unspecified atom stereocenters. The maximum absolute atomic E-state index is 13.0. The second-order valence-electron chi connectivity index (χ2n) is 9.53. The monoisotopic (exact) mass is 557 g/mol. The number of nitrogens with one attached hydrogen (secondary N) is 1. The van der Waals surface area contributed by atoms with Crippen molar-refractivity contribution in [2.24, 2.45) is 0 Å². The van der Waals surface area contributed by atoms with Crippen LogP contribution in [0.5, 0.6) is 5.75 Å². The maximum Gasteiger partial charge on any atom is 0.303 e. The third kappa shape index (κ3) is 9.18. The van der Waals surface area contributed by atoms with Crippen LogP contribution in [0.2, 0.25) is 5.02 Å². The molecule has 5 atom stereocenters. The van der Waals surface area contributed by atoms with E-state index in [2.05, 4.69) is 5.32 Å². The summed E-state index contributed by atoms with van der Waals surface area (Å²) in [5, 5.41) is 3.05. The SMILES string of the molecule is CC(=O)OCC1OC(Oc2ccc(Cl)cc2C(=O)NC(C)(C)C)C(OC(C)=O)C(OC(C)=O)C1OC(C)=O. The highest BCUT2D eigenvalue weighted by molar-refractivity contribution is 6.31. The molecule has 0 spiro atoms. The lowest BCUT2D eigenvalue weighted by atomic mass is 9.98. The van der Waals surface area contributed by atoms with Crippen LogP contribution in [0.15, 0.2) is 18.2 Å². The standard InChI is InChI=1S/C25H32ClNO11/c1-12(28)33-11-19-20(34-13(2)29)21(35-14(3)30)22(36-15(4)31)24(38-19)37-18-9-8-16(26)10-17(18)23(32)27-25(5,6)7/h8-10,19-22,24H,11H2,1-7H3,(H,27,32). The molecular formula is C25H32ClNO11. The van der Waals surface area contributed by atoms with Crippen LogP contribution in [0, 0.1) is 0 Å². The van der Waals surface area contributed by atoms with Crippen molar-refractivity contribution in [3.63, 3.8) is 0 Å². The number of hydrogen-bond donors (Lipinski definition) is 1. The molecule has 0 bridgehead atoms. The van der Waals surface area contributed by atoms with Crippen molar-refractivity contribution >= 4 is 41.4 Å². The Bertz CT molecular complexity index is 1070. The number of rotatable bonds is 8. The highest BCUT2D eigenvalue weighted by Crippen LogP contribution is 2.33. The molecule has 12 nitrogen and oxygen atoms in total.